The number of benzene rings is 1. The van der Waals surface area contributed by atoms with Crippen molar-refractivity contribution in [3.63, 3.8) is 0 Å². The average Bonchev–Trinajstić information content (AvgIpc) is 3.02. The van der Waals surface area contributed by atoms with E-state index in [1.165, 1.54) is 4.31 Å². The van der Waals surface area contributed by atoms with E-state index >= 15 is 0 Å². The number of imidazole rings is 1. The van der Waals surface area contributed by atoms with Crippen LogP contribution < -0.4 is 4.90 Å². The van der Waals surface area contributed by atoms with Crippen LogP contribution in [0.2, 0.25) is 0 Å². The third-order valence-electron chi connectivity index (χ3n) is 6.66. The number of carbonyl (C=O) groups excluding carboxylic acids is 1. The summed E-state index contributed by atoms with van der Waals surface area (Å²) in [7, 11) is -1.86. The van der Waals surface area contributed by atoms with Crippen LogP contribution >= 0.6 is 0 Å². The maximum Gasteiger partial charge on any atom is 0.262 e. The second kappa shape index (κ2) is 9.53. The second-order valence-electron chi connectivity index (χ2n) is 8.74. The van der Waals surface area contributed by atoms with E-state index in [1.54, 1.807) is 24.7 Å². The first-order chi connectivity index (χ1) is 15.8. The summed E-state index contributed by atoms with van der Waals surface area (Å²) in [5.41, 5.74) is 1.70. The molecule has 9 nitrogen and oxygen atoms in total. The van der Waals surface area contributed by atoms with Crippen molar-refractivity contribution in [2.75, 3.05) is 44.2 Å². The molecule has 0 saturated carbocycles. The van der Waals surface area contributed by atoms with Crippen molar-refractivity contribution in [1.82, 2.24) is 18.8 Å². The maximum atomic E-state index is 13.2. The Morgan fingerprint density at radius 2 is 1.76 bits per heavy atom. The largest absolute Gasteiger partial charge is 0.370 e. The van der Waals surface area contributed by atoms with E-state index in [2.05, 4.69) is 16.0 Å². The molecule has 176 valence electrons. The van der Waals surface area contributed by atoms with Crippen LogP contribution in [-0.2, 0) is 21.9 Å². The lowest BCUT2D eigenvalue weighted by atomic mass is 9.96. The molecular weight excluding hydrogens is 440 g/mol. The van der Waals surface area contributed by atoms with Crippen LogP contribution in [0.1, 0.15) is 30.7 Å². The Labute approximate surface area is 195 Å². The Kier molecular flexibility index (Phi) is 6.72. The number of nitrogens with zero attached hydrogens (tertiary/aromatic N) is 6. The highest BCUT2D eigenvalue weighted by molar-refractivity contribution is 7.89. The van der Waals surface area contributed by atoms with Gasteiger partial charge in [0.25, 0.3) is 10.0 Å². The first-order valence-corrected chi connectivity index (χ1v) is 12.8. The first kappa shape index (κ1) is 23.3. The van der Waals surface area contributed by atoms with Crippen LogP contribution in [0.3, 0.4) is 0 Å². The summed E-state index contributed by atoms with van der Waals surface area (Å²) in [6.45, 7) is 5.38. The summed E-state index contributed by atoms with van der Waals surface area (Å²) in [5, 5.41) is 9.06. The molecule has 0 unspecified atom stereocenters. The molecule has 0 bridgehead atoms. The quantitative estimate of drug-likeness (QED) is 0.674. The van der Waals surface area contributed by atoms with Crippen molar-refractivity contribution >= 4 is 21.6 Å². The van der Waals surface area contributed by atoms with Gasteiger partial charge in [-0.05, 0) is 50.5 Å². The average molecular weight is 471 g/mol. The standard InChI is InChI=1S/C23H30N6O3S/c1-18-25-22(17-26(18)2)33(31,32)29-12-8-20(9-13-29)23(30)28-11-3-10-27(14-15-28)21-6-4-19(16-24)5-7-21/h4-7,17,20H,3,8-15H2,1-2H3. The van der Waals surface area contributed by atoms with Gasteiger partial charge >= 0.3 is 0 Å². The predicted octanol–water partition coefficient (Wildman–Crippen LogP) is 1.74. The molecule has 0 aliphatic carbocycles. The van der Waals surface area contributed by atoms with Crippen molar-refractivity contribution in [2.45, 2.75) is 31.2 Å². The number of hydrogen-bond acceptors (Lipinski definition) is 6. The molecule has 0 N–H and O–H groups in total. The Morgan fingerprint density at radius 1 is 1.06 bits per heavy atom. The minimum Gasteiger partial charge on any atom is -0.370 e. The van der Waals surface area contributed by atoms with Gasteiger partial charge in [-0.25, -0.2) is 13.4 Å². The number of piperidine rings is 1. The highest BCUT2D eigenvalue weighted by Crippen LogP contribution is 2.26. The number of hydrogen-bond donors (Lipinski definition) is 0. The second-order valence-corrected chi connectivity index (χ2v) is 10.6. The van der Waals surface area contributed by atoms with Gasteiger partial charge in [0.15, 0.2) is 5.03 Å². The Balaban J connectivity index is 1.33. The van der Waals surface area contributed by atoms with Gasteiger partial charge in [0.2, 0.25) is 5.91 Å². The van der Waals surface area contributed by atoms with E-state index in [0.717, 1.165) is 25.2 Å². The summed E-state index contributed by atoms with van der Waals surface area (Å²) in [6.07, 6.45) is 3.47. The van der Waals surface area contributed by atoms with Gasteiger partial charge in [-0.15, -0.1) is 0 Å². The normalized spacial score (nSPS) is 18.7. The number of amides is 1. The molecule has 10 heteroatoms. The van der Waals surface area contributed by atoms with E-state index in [0.29, 0.717) is 50.4 Å². The van der Waals surface area contributed by atoms with Crippen LogP contribution in [0.4, 0.5) is 5.69 Å². The lowest BCUT2D eigenvalue weighted by molar-refractivity contribution is -0.136. The van der Waals surface area contributed by atoms with Crippen molar-refractivity contribution in [3.05, 3.63) is 41.9 Å². The van der Waals surface area contributed by atoms with Gasteiger partial charge in [-0.3, -0.25) is 4.79 Å². The summed E-state index contributed by atoms with van der Waals surface area (Å²) >= 11 is 0. The highest BCUT2D eigenvalue weighted by atomic mass is 32.2. The third-order valence-corrected chi connectivity index (χ3v) is 8.43. The van der Waals surface area contributed by atoms with Crippen molar-refractivity contribution < 1.29 is 13.2 Å². The molecule has 2 aliphatic rings. The Morgan fingerprint density at radius 3 is 2.36 bits per heavy atom. The lowest BCUT2D eigenvalue weighted by Gasteiger charge is -2.33. The van der Waals surface area contributed by atoms with Crippen LogP contribution in [0, 0.1) is 24.2 Å². The number of rotatable bonds is 4. The van der Waals surface area contributed by atoms with Crippen molar-refractivity contribution in [2.24, 2.45) is 13.0 Å². The van der Waals surface area contributed by atoms with Gasteiger partial charge in [0.05, 0.1) is 11.6 Å². The summed E-state index contributed by atoms with van der Waals surface area (Å²) in [4.78, 5) is 21.5. The molecule has 0 atom stereocenters. The molecule has 33 heavy (non-hydrogen) atoms. The Bertz CT molecular complexity index is 1120. The zero-order chi connectivity index (χ0) is 23.6. The molecule has 1 aromatic carbocycles. The number of aryl methyl sites for hydroxylation is 2. The Hall–Kier alpha value is -2.90. The molecule has 3 heterocycles. The summed E-state index contributed by atoms with van der Waals surface area (Å²) in [5.74, 6) is 0.626. The fourth-order valence-corrected chi connectivity index (χ4v) is 6.02. The van der Waals surface area contributed by atoms with E-state index in [9.17, 15) is 13.2 Å². The smallest absolute Gasteiger partial charge is 0.262 e. The maximum absolute atomic E-state index is 13.2. The predicted molar refractivity (Wildman–Crippen MR) is 124 cm³/mol. The number of nitriles is 1. The summed E-state index contributed by atoms with van der Waals surface area (Å²) < 4.78 is 29.0. The monoisotopic (exact) mass is 470 g/mol. The third kappa shape index (κ3) is 4.89. The first-order valence-electron chi connectivity index (χ1n) is 11.3. The number of aromatic nitrogens is 2. The van der Waals surface area contributed by atoms with E-state index < -0.39 is 10.0 Å². The molecule has 1 amide bonds. The van der Waals surface area contributed by atoms with E-state index in [-0.39, 0.29) is 16.9 Å². The minimum absolute atomic E-state index is 0.0719. The lowest BCUT2D eigenvalue weighted by Crippen LogP contribution is -2.45. The van der Waals surface area contributed by atoms with Gasteiger partial charge in [-0.2, -0.15) is 9.57 Å². The molecule has 4 rings (SSSR count). The van der Waals surface area contributed by atoms with Crippen LogP contribution in [-0.4, -0.2) is 72.3 Å². The molecule has 2 aliphatic heterocycles. The van der Waals surface area contributed by atoms with Gasteiger partial charge in [-0.1, -0.05) is 0 Å². The van der Waals surface area contributed by atoms with Gasteiger partial charge in [0.1, 0.15) is 5.82 Å². The molecule has 0 radical (unpaired) electrons. The molecule has 0 spiro atoms. The van der Waals surface area contributed by atoms with Crippen molar-refractivity contribution in [1.29, 1.82) is 5.26 Å². The van der Waals surface area contributed by atoms with Crippen LogP contribution in [0.15, 0.2) is 35.5 Å². The van der Waals surface area contributed by atoms with Crippen LogP contribution in [0.25, 0.3) is 0 Å². The summed E-state index contributed by atoms with van der Waals surface area (Å²) in [6, 6.07) is 9.68. The molecule has 2 saturated heterocycles. The zero-order valence-corrected chi connectivity index (χ0v) is 20.0. The fraction of sp³-hybridized carbons (Fsp3) is 0.522. The van der Waals surface area contributed by atoms with Crippen molar-refractivity contribution in [3.8, 4) is 6.07 Å². The molecule has 1 aromatic heterocycles. The number of carbonyl (C=O) groups is 1. The molecule has 2 fully saturated rings. The van der Waals surface area contributed by atoms with Gasteiger partial charge < -0.3 is 14.4 Å². The highest BCUT2D eigenvalue weighted by Gasteiger charge is 2.35. The van der Waals surface area contributed by atoms with Gasteiger partial charge in [0, 0.05) is 64.1 Å². The number of anilines is 1. The van der Waals surface area contributed by atoms with E-state index in [4.69, 9.17) is 5.26 Å². The fourth-order valence-electron chi connectivity index (χ4n) is 4.53. The number of sulfonamides is 1. The zero-order valence-electron chi connectivity index (χ0n) is 19.1. The topological polar surface area (TPSA) is 103 Å². The minimum atomic E-state index is -3.64. The SMILES string of the molecule is Cc1nc(S(=O)(=O)N2CCC(C(=O)N3CCCN(c4ccc(C#N)cc4)CC3)CC2)cn1C. The molecular formula is C23H30N6O3S. The van der Waals surface area contributed by atoms with E-state index in [1.807, 2.05) is 29.2 Å². The van der Waals surface area contributed by atoms with Crippen LogP contribution in [0.5, 0.6) is 0 Å². The molecule has 2 aromatic rings.